The molecule has 7 heteroatoms. The lowest BCUT2D eigenvalue weighted by atomic mass is 10.1. The molecule has 1 atom stereocenters. The molecule has 0 aliphatic heterocycles. The van der Waals surface area contributed by atoms with E-state index < -0.39 is 15.9 Å². The van der Waals surface area contributed by atoms with Gasteiger partial charge in [-0.05, 0) is 31.0 Å². The summed E-state index contributed by atoms with van der Waals surface area (Å²) < 4.78 is 26.6. The molecule has 6 nitrogen and oxygen atoms in total. The van der Waals surface area contributed by atoms with Crippen molar-refractivity contribution in [2.24, 2.45) is 5.92 Å². The molecule has 1 aromatic rings. The number of amides is 1. The Kier molecular flexibility index (Phi) is 5.36. The smallest absolute Gasteiger partial charge is 0.243 e. The second-order valence-electron chi connectivity index (χ2n) is 5.23. The van der Waals surface area contributed by atoms with Gasteiger partial charge in [-0.15, -0.1) is 0 Å². The fraction of sp³-hybridized carbons (Fsp3) is 0.500. The largest absolute Gasteiger partial charge is 0.398 e. The highest BCUT2D eigenvalue weighted by Gasteiger charge is 2.28. The molecule has 118 valence electrons. The van der Waals surface area contributed by atoms with E-state index in [4.69, 9.17) is 5.73 Å². The number of carbonyl (C=O) groups excluding carboxylic acids is 1. The molecule has 1 aromatic carbocycles. The highest BCUT2D eigenvalue weighted by atomic mass is 32.2. The van der Waals surface area contributed by atoms with Crippen LogP contribution in [-0.4, -0.2) is 39.3 Å². The molecule has 0 aliphatic rings. The normalized spacial score (nSPS) is 13.2. The van der Waals surface area contributed by atoms with Gasteiger partial charge in [0.2, 0.25) is 15.9 Å². The van der Waals surface area contributed by atoms with E-state index in [-0.39, 0.29) is 17.3 Å². The van der Waals surface area contributed by atoms with E-state index in [1.807, 2.05) is 0 Å². The Morgan fingerprint density at radius 2 is 1.95 bits per heavy atom. The van der Waals surface area contributed by atoms with Crippen molar-refractivity contribution in [3.05, 3.63) is 23.3 Å². The first-order valence-electron chi connectivity index (χ1n) is 6.66. The highest BCUT2D eigenvalue weighted by molar-refractivity contribution is 7.89. The summed E-state index contributed by atoms with van der Waals surface area (Å²) in [5.41, 5.74) is 7.42. The lowest BCUT2D eigenvalue weighted by Crippen LogP contribution is -2.37. The molecular weight excluding hydrogens is 290 g/mol. The average molecular weight is 313 g/mol. The zero-order chi connectivity index (χ0) is 16.4. The van der Waals surface area contributed by atoms with E-state index in [1.54, 1.807) is 32.9 Å². The fourth-order valence-electron chi connectivity index (χ4n) is 2.21. The molecule has 0 fully saturated rings. The second-order valence-corrected chi connectivity index (χ2v) is 7.21. The minimum Gasteiger partial charge on any atom is -0.398 e. The van der Waals surface area contributed by atoms with Crippen LogP contribution in [0.15, 0.2) is 17.0 Å². The van der Waals surface area contributed by atoms with E-state index in [9.17, 15) is 13.2 Å². The molecule has 0 saturated carbocycles. The summed E-state index contributed by atoms with van der Waals surface area (Å²) in [5, 5.41) is 2.51. The molecule has 0 radical (unpaired) electrons. The summed E-state index contributed by atoms with van der Waals surface area (Å²) in [6.07, 6.45) is 0. The number of nitrogens with zero attached hydrogens (tertiary/aromatic N) is 1. The number of hydrogen-bond donors (Lipinski definition) is 2. The lowest BCUT2D eigenvalue weighted by molar-refractivity contribution is -0.124. The first kappa shape index (κ1) is 17.5. The molecule has 0 aromatic heterocycles. The molecule has 0 saturated heterocycles. The number of nitrogen functional groups attached to an aromatic ring is 1. The van der Waals surface area contributed by atoms with Gasteiger partial charge in [0, 0.05) is 32.2 Å². The summed E-state index contributed by atoms with van der Waals surface area (Å²) in [5.74, 6) is -0.630. The lowest BCUT2D eigenvalue weighted by Gasteiger charge is -2.23. The summed E-state index contributed by atoms with van der Waals surface area (Å²) in [7, 11) is -0.690. The minimum atomic E-state index is -3.69. The van der Waals surface area contributed by atoms with Crippen molar-refractivity contribution >= 4 is 21.6 Å². The third kappa shape index (κ3) is 3.54. The Morgan fingerprint density at radius 3 is 2.48 bits per heavy atom. The summed E-state index contributed by atoms with van der Waals surface area (Å²) >= 11 is 0. The van der Waals surface area contributed by atoms with Gasteiger partial charge < -0.3 is 11.1 Å². The monoisotopic (exact) mass is 313 g/mol. The van der Waals surface area contributed by atoms with Crippen molar-refractivity contribution in [1.82, 2.24) is 9.62 Å². The van der Waals surface area contributed by atoms with E-state index in [0.29, 0.717) is 16.8 Å². The summed E-state index contributed by atoms with van der Waals surface area (Å²) in [6.45, 7) is 5.21. The molecular formula is C14H23N3O3S. The quantitative estimate of drug-likeness (QED) is 0.790. The third-order valence-electron chi connectivity index (χ3n) is 3.54. The zero-order valence-corrected chi connectivity index (χ0v) is 13.9. The van der Waals surface area contributed by atoms with E-state index in [0.717, 1.165) is 0 Å². The van der Waals surface area contributed by atoms with Crippen LogP contribution in [0.2, 0.25) is 0 Å². The predicted octanol–water partition coefficient (Wildman–Crippen LogP) is 0.888. The number of nitrogens with two attached hydrogens (primary N) is 1. The van der Waals surface area contributed by atoms with E-state index >= 15 is 0 Å². The Labute approximate surface area is 126 Å². The van der Waals surface area contributed by atoms with Crippen LogP contribution < -0.4 is 11.1 Å². The number of benzene rings is 1. The minimum absolute atomic E-state index is 0.107. The number of anilines is 1. The van der Waals surface area contributed by atoms with Crippen LogP contribution >= 0.6 is 0 Å². The number of nitrogens with one attached hydrogen (secondary N) is 1. The van der Waals surface area contributed by atoms with Crippen LogP contribution in [0, 0.1) is 19.8 Å². The van der Waals surface area contributed by atoms with Crippen LogP contribution in [0.5, 0.6) is 0 Å². The zero-order valence-electron chi connectivity index (χ0n) is 13.1. The molecule has 21 heavy (non-hydrogen) atoms. The van der Waals surface area contributed by atoms with Gasteiger partial charge in [0.05, 0.1) is 4.90 Å². The average Bonchev–Trinajstić information content (AvgIpc) is 2.41. The Morgan fingerprint density at radius 1 is 1.38 bits per heavy atom. The van der Waals surface area contributed by atoms with Crippen LogP contribution in [-0.2, 0) is 14.8 Å². The Bertz CT molecular complexity index is 641. The molecule has 0 aliphatic carbocycles. The van der Waals surface area contributed by atoms with Gasteiger partial charge in [0.25, 0.3) is 0 Å². The fourth-order valence-corrected chi connectivity index (χ4v) is 3.92. The first-order chi connectivity index (χ1) is 9.62. The van der Waals surface area contributed by atoms with Gasteiger partial charge in [-0.1, -0.05) is 13.0 Å². The van der Waals surface area contributed by atoms with E-state index in [2.05, 4.69) is 5.32 Å². The van der Waals surface area contributed by atoms with Crippen molar-refractivity contribution in [3.63, 3.8) is 0 Å². The van der Waals surface area contributed by atoms with Crippen molar-refractivity contribution in [2.45, 2.75) is 25.7 Å². The maximum absolute atomic E-state index is 12.7. The summed E-state index contributed by atoms with van der Waals surface area (Å²) in [4.78, 5) is 11.8. The first-order valence-corrected chi connectivity index (χ1v) is 8.10. The van der Waals surface area contributed by atoms with Crippen LogP contribution in [0.3, 0.4) is 0 Å². The van der Waals surface area contributed by atoms with Crippen molar-refractivity contribution in [1.29, 1.82) is 0 Å². The van der Waals surface area contributed by atoms with Crippen LogP contribution in [0.1, 0.15) is 18.1 Å². The second kappa shape index (κ2) is 6.44. The Balaban J connectivity index is 3.18. The third-order valence-corrected chi connectivity index (χ3v) is 5.65. The SMILES string of the molecule is CNC(=O)C(C)CN(C)S(=O)(=O)c1c(C)ccc(N)c1C. The molecule has 0 bridgehead atoms. The van der Waals surface area contributed by atoms with Crippen molar-refractivity contribution < 1.29 is 13.2 Å². The molecule has 0 heterocycles. The maximum Gasteiger partial charge on any atom is 0.243 e. The van der Waals surface area contributed by atoms with Gasteiger partial charge in [0.15, 0.2) is 0 Å². The topological polar surface area (TPSA) is 92.5 Å². The molecule has 1 rings (SSSR count). The van der Waals surface area contributed by atoms with Crippen molar-refractivity contribution in [3.8, 4) is 0 Å². The maximum atomic E-state index is 12.7. The van der Waals surface area contributed by atoms with Crippen molar-refractivity contribution in [2.75, 3.05) is 26.4 Å². The Hall–Kier alpha value is -1.60. The number of aryl methyl sites for hydroxylation is 1. The number of rotatable bonds is 5. The predicted molar refractivity (Wildman–Crippen MR) is 83.4 cm³/mol. The summed E-state index contributed by atoms with van der Waals surface area (Å²) in [6, 6.07) is 3.38. The number of carbonyl (C=O) groups is 1. The molecule has 0 spiro atoms. The number of sulfonamides is 1. The van der Waals surface area contributed by atoms with Gasteiger partial charge in [-0.2, -0.15) is 0 Å². The van der Waals surface area contributed by atoms with Crippen LogP contribution in [0.25, 0.3) is 0 Å². The number of hydrogen-bond acceptors (Lipinski definition) is 4. The van der Waals surface area contributed by atoms with Gasteiger partial charge in [-0.3, -0.25) is 4.79 Å². The van der Waals surface area contributed by atoms with Gasteiger partial charge in [0.1, 0.15) is 0 Å². The standard InChI is InChI=1S/C14H23N3O3S/c1-9-6-7-12(15)11(3)13(9)21(19,20)17(5)8-10(2)14(18)16-4/h6-7,10H,8,15H2,1-5H3,(H,16,18). The van der Waals surface area contributed by atoms with E-state index in [1.165, 1.54) is 18.4 Å². The molecule has 3 N–H and O–H groups in total. The van der Waals surface area contributed by atoms with Gasteiger partial charge in [-0.25, -0.2) is 12.7 Å². The van der Waals surface area contributed by atoms with Gasteiger partial charge >= 0.3 is 0 Å². The molecule has 1 amide bonds. The molecule has 1 unspecified atom stereocenters. The van der Waals surface area contributed by atoms with Crippen LogP contribution in [0.4, 0.5) is 5.69 Å². The highest BCUT2D eigenvalue weighted by Crippen LogP contribution is 2.27.